The Morgan fingerprint density at radius 2 is 1.86 bits per heavy atom. The first-order chi connectivity index (χ1) is 19.8. The van der Waals surface area contributed by atoms with E-state index >= 15 is 4.39 Å². The lowest BCUT2D eigenvalue weighted by atomic mass is 9.81. The first-order valence-electron chi connectivity index (χ1n) is 14.0. The lowest BCUT2D eigenvalue weighted by molar-refractivity contribution is -0.143. The highest BCUT2D eigenvalue weighted by Gasteiger charge is 2.42. The number of hydrogen-bond donors (Lipinski definition) is 1. The molecule has 0 bridgehead atoms. The molecular weight excluding hydrogens is 552 g/mol. The largest absolute Gasteiger partial charge is 0.438 e. The van der Waals surface area contributed by atoms with E-state index in [0.29, 0.717) is 31.2 Å². The number of fused-ring (bicyclic) bond motifs is 2. The van der Waals surface area contributed by atoms with Gasteiger partial charge in [0.05, 0.1) is 17.3 Å². The highest BCUT2D eigenvalue weighted by Crippen LogP contribution is 2.41. The summed E-state index contributed by atoms with van der Waals surface area (Å²) in [6, 6.07) is 3.96. The summed E-state index contributed by atoms with van der Waals surface area (Å²) >= 11 is 0. The van der Waals surface area contributed by atoms with E-state index in [-0.39, 0.29) is 30.4 Å². The van der Waals surface area contributed by atoms with Gasteiger partial charge >= 0.3 is 6.18 Å². The van der Waals surface area contributed by atoms with Gasteiger partial charge in [0.2, 0.25) is 5.69 Å². The van der Waals surface area contributed by atoms with Crippen LogP contribution >= 0.6 is 0 Å². The number of nitrogens with zero attached hydrogens (tertiary/aromatic N) is 7. The fourth-order valence-corrected chi connectivity index (χ4v) is 6.58. The number of alkyl halides is 3. The Balaban J connectivity index is 1.50. The van der Waals surface area contributed by atoms with E-state index in [2.05, 4.69) is 34.0 Å². The number of aromatic nitrogens is 6. The summed E-state index contributed by atoms with van der Waals surface area (Å²) in [6.07, 6.45) is -3.64. The van der Waals surface area contributed by atoms with E-state index in [0.717, 1.165) is 50.1 Å². The second-order valence-electron chi connectivity index (χ2n) is 12.0. The molecule has 5 heterocycles. The molecule has 1 N–H and O–H groups in total. The number of H-pyrrole nitrogens is 1. The van der Waals surface area contributed by atoms with Gasteiger partial charge in [0.1, 0.15) is 5.82 Å². The minimum absolute atomic E-state index is 0.0660. The number of anilines is 2. The number of methoxy groups -OCH3 is 1. The average molecular weight is 587 g/mol. The van der Waals surface area contributed by atoms with Crippen molar-refractivity contribution in [3.8, 4) is 11.4 Å². The molecule has 0 saturated carbocycles. The first kappa shape index (κ1) is 28.4. The molecule has 6 rings (SSSR count). The van der Waals surface area contributed by atoms with Gasteiger partial charge in [0, 0.05) is 74.4 Å². The Morgan fingerprint density at radius 1 is 1.10 bits per heavy atom. The molecule has 42 heavy (non-hydrogen) atoms. The molecule has 0 spiro atoms. The number of piperidine rings is 1. The Kier molecular flexibility index (Phi) is 6.71. The molecule has 0 aliphatic carbocycles. The maximum atomic E-state index is 15.2. The van der Waals surface area contributed by atoms with Crippen molar-refractivity contribution in [1.29, 1.82) is 0 Å². The van der Waals surface area contributed by atoms with Crippen LogP contribution in [0, 0.1) is 25.1 Å². The molecule has 9 nitrogen and oxygen atoms in total. The van der Waals surface area contributed by atoms with Crippen molar-refractivity contribution in [3.63, 3.8) is 0 Å². The van der Waals surface area contributed by atoms with Crippen LogP contribution in [0.3, 0.4) is 0 Å². The second kappa shape index (κ2) is 9.92. The van der Waals surface area contributed by atoms with Crippen molar-refractivity contribution in [3.05, 3.63) is 46.2 Å². The van der Waals surface area contributed by atoms with E-state index in [1.807, 2.05) is 26.0 Å². The van der Waals surface area contributed by atoms with Crippen LogP contribution in [0.2, 0.25) is 0 Å². The van der Waals surface area contributed by atoms with Crippen LogP contribution in [-0.4, -0.2) is 62.8 Å². The molecule has 1 atom stereocenters. The van der Waals surface area contributed by atoms with Gasteiger partial charge in [-0.25, -0.2) is 19.0 Å². The maximum absolute atomic E-state index is 15.2. The van der Waals surface area contributed by atoms with Crippen LogP contribution in [0.4, 0.5) is 29.2 Å². The van der Waals surface area contributed by atoms with Gasteiger partial charge in [0.25, 0.3) is 0 Å². The highest BCUT2D eigenvalue weighted by molar-refractivity contribution is 5.96. The minimum Gasteiger partial charge on any atom is -0.381 e. The van der Waals surface area contributed by atoms with Crippen LogP contribution in [0.5, 0.6) is 0 Å². The maximum Gasteiger partial charge on any atom is 0.438 e. The van der Waals surface area contributed by atoms with Crippen LogP contribution in [0.15, 0.2) is 12.1 Å². The third-order valence-electron chi connectivity index (χ3n) is 8.62. The fraction of sp³-hybridized carbons (Fsp3) is 0.517. The molecular formula is C29H34F4N8O. The van der Waals surface area contributed by atoms with E-state index in [4.69, 9.17) is 14.7 Å². The van der Waals surface area contributed by atoms with Crippen molar-refractivity contribution >= 4 is 22.5 Å². The van der Waals surface area contributed by atoms with Crippen LogP contribution in [0.1, 0.15) is 48.5 Å². The standard InChI is InChI=1S/C29H34F4N8O/c1-15-7-8-19-22(16(2)36-37-19)21(15)25-34-18-9-11-40(27-23(30)24(29(31,32)33)38-39(27)5)13-17(18)26(35-25)41-12-10-20(42-6)28(3,4)14-41/h7-8,20H,9-14H2,1-6H3,(H,36,37)/t20-/m1/s1. The minimum atomic E-state index is -4.89. The summed E-state index contributed by atoms with van der Waals surface area (Å²) < 4.78 is 62.3. The SMILES string of the molecule is CO[C@@H]1CCN(c2nc(-c3c(C)ccc4n[nH]c(C)c34)nc3c2CN(c2c(F)c(C(F)(F)F)nn2C)CC3)CC1(C)C. The molecule has 3 aromatic heterocycles. The number of ether oxygens (including phenoxy) is 1. The van der Waals surface area contributed by atoms with Crippen LogP contribution < -0.4 is 9.80 Å². The third kappa shape index (κ3) is 4.58. The molecule has 0 unspecified atom stereocenters. The van der Waals surface area contributed by atoms with Crippen molar-refractivity contribution in [1.82, 2.24) is 29.9 Å². The zero-order valence-electron chi connectivity index (χ0n) is 24.5. The Hall–Kier alpha value is -3.74. The quantitative estimate of drug-likeness (QED) is 0.323. The number of aryl methyl sites for hydroxylation is 3. The van der Waals surface area contributed by atoms with Gasteiger partial charge in [-0.1, -0.05) is 19.9 Å². The number of halogens is 4. The van der Waals surface area contributed by atoms with Crippen molar-refractivity contribution in [2.24, 2.45) is 12.5 Å². The predicted molar refractivity (Wildman–Crippen MR) is 151 cm³/mol. The highest BCUT2D eigenvalue weighted by atomic mass is 19.4. The van der Waals surface area contributed by atoms with Crippen molar-refractivity contribution in [2.45, 2.75) is 59.4 Å². The molecule has 2 aliphatic heterocycles. The summed E-state index contributed by atoms with van der Waals surface area (Å²) in [5.74, 6) is -0.288. The number of aromatic amines is 1. The average Bonchev–Trinajstić information content (AvgIpc) is 3.45. The van der Waals surface area contributed by atoms with Gasteiger partial charge in [-0.3, -0.25) is 5.10 Å². The van der Waals surface area contributed by atoms with Crippen molar-refractivity contribution < 1.29 is 22.3 Å². The van der Waals surface area contributed by atoms with E-state index in [1.165, 1.54) is 7.05 Å². The topological polar surface area (TPSA) is 88.0 Å². The van der Waals surface area contributed by atoms with Crippen molar-refractivity contribution in [2.75, 3.05) is 36.5 Å². The molecule has 1 aromatic carbocycles. The van der Waals surface area contributed by atoms with Gasteiger partial charge < -0.3 is 14.5 Å². The molecule has 1 saturated heterocycles. The third-order valence-corrected chi connectivity index (χ3v) is 8.62. The summed E-state index contributed by atoms with van der Waals surface area (Å²) in [7, 11) is 3.05. The lowest BCUT2D eigenvalue weighted by Gasteiger charge is -2.45. The summed E-state index contributed by atoms with van der Waals surface area (Å²) in [4.78, 5) is 14.0. The molecule has 1 fully saturated rings. The number of nitrogens with one attached hydrogen (secondary N) is 1. The van der Waals surface area contributed by atoms with Crippen LogP contribution in [0.25, 0.3) is 22.3 Å². The van der Waals surface area contributed by atoms with E-state index in [9.17, 15) is 13.2 Å². The normalized spacial score (nSPS) is 19.0. The lowest BCUT2D eigenvalue weighted by Crippen LogP contribution is -2.50. The number of benzene rings is 1. The monoisotopic (exact) mass is 586 g/mol. The molecule has 0 amide bonds. The number of rotatable bonds is 4. The van der Waals surface area contributed by atoms with Gasteiger partial charge in [-0.2, -0.15) is 23.4 Å². The van der Waals surface area contributed by atoms with E-state index < -0.39 is 17.7 Å². The van der Waals surface area contributed by atoms with Gasteiger partial charge in [-0.05, 0) is 31.9 Å². The second-order valence-corrected chi connectivity index (χ2v) is 12.0. The predicted octanol–water partition coefficient (Wildman–Crippen LogP) is 5.34. The Bertz CT molecular complexity index is 1670. The zero-order valence-corrected chi connectivity index (χ0v) is 24.5. The molecule has 13 heteroatoms. The molecule has 4 aromatic rings. The first-order valence-corrected chi connectivity index (χ1v) is 14.0. The van der Waals surface area contributed by atoms with Gasteiger partial charge in [0.15, 0.2) is 17.5 Å². The number of hydrogen-bond acceptors (Lipinski definition) is 7. The summed E-state index contributed by atoms with van der Waals surface area (Å²) in [5.41, 5.74) is 3.50. The Morgan fingerprint density at radius 3 is 2.52 bits per heavy atom. The summed E-state index contributed by atoms with van der Waals surface area (Å²) in [5, 5.41) is 11.9. The summed E-state index contributed by atoms with van der Waals surface area (Å²) in [6.45, 7) is 10.0. The zero-order chi connectivity index (χ0) is 30.1. The van der Waals surface area contributed by atoms with Crippen LogP contribution in [-0.2, 0) is 30.9 Å². The molecule has 224 valence electrons. The smallest absolute Gasteiger partial charge is 0.381 e. The van der Waals surface area contributed by atoms with Gasteiger partial charge in [-0.15, -0.1) is 0 Å². The molecule has 2 aliphatic rings. The molecule has 0 radical (unpaired) electrons. The fourth-order valence-electron chi connectivity index (χ4n) is 6.58. The van der Waals surface area contributed by atoms with E-state index in [1.54, 1.807) is 12.0 Å². The Labute approximate surface area is 240 Å².